The molecule has 0 radical (unpaired) electrons. The third kappa shape index (κ3) is 3.30. The minimum atomic E-state index is -0.00181. The Morgan fingerprint density at radius 3 is 2.56 bits per heavy atom. The van der Waals surface area contributed by atoms with Crippen LogP contribution < -0.4 is 15.8 Å². The molecule has 0 saturated heterocycles. The highest BCUT2D eigenvalue weighted by Gasteiger charge is 2.67. The first-order valence-corrected chi connectivity index (χ1v) is 11.7. The highest BCUT2D eigenvalue weighted by Crippen LogP contribution is 2.70. The van der Waals surface area contributed by atoms with E-state index in [-0.39, 0.29) is 28.9 Å². The van der Waals surface area contributed by atoms with Crippen molar-refractivity contribution in [3.8, 4) is 5.75 Å². The number of carbonyl (C=O) groups excluding carboxylic acids is 2. The third-order valence-corrected chi connectivity index (χ3v) is 8.36. The van der Waals surface area contributed by atoms with Crippen LogP contribution in [0.1, 0.15) is 59.2 Å². The average Bonchev–Trinajstić information content (AvgIpc) is 3.42. The van der Waals surface area contributed by atoms with E-state index in [1.807, 2.05) is 37.3 Å². The minimum Gasteiger partial charge on any atom is -0.496 e. The number of anilines is 2. The van der Waals surface area contributed by atoms with Crippen LogP contribution in [0.15, 0.2) is 30.3 Å². The van der Waals surface area contributed by atoms with Crippen LogP contribution in [0.25, 0.3) is 0 Å². The quantitative estimate of drug-likeness (QED) is 0.663. The normalized spacial score (nSPS) is 28.5. The molecule has 3 aliphatic rings. The summed E-state index contributed by atoms with van der Waals surface area (Å²) >= 11 is 0. The minimum absolute atomic E-state index is 0.00181. The van der Waals surface area contributed by atoms with Crippen molar-refractivity contribution in [3.05, 3.63) is 52.6 Å². The van der Waals surface area contributed by atoms with Gasteiger partial charge in [0.15, 0.2) is 5.78 Å². The van der Waals surface area contributed by atoms with Crippen molar-refractivity contribution in [3.63, 3.8) is 0 Å². The van der Waals surface area contributed by atoms with Crippen LogP contribution in [-0.4, -0.2) is 18.8 Å². The Hall–Kier alpha value is -2.82. The molecule has 1 spiro atoms. The fraction of sp³-hybridized carbons (Fsp3) is 0.481. The van der Waals surface area contributed by atoms with Gasteiger partial charge in [0.2, 0.25) is 5.91 Å². The number of nitrogens with two attached hydrogens (primary N) is 1. The molecule has 2 atom stereocenters. The summed E-state index contributed by atoms with van der Waals surface area (Å²) in [6.07, 6.45) is 5.62. The molecule has 2 aromatic carbocycles. The second kappa shape index (κ2) is 7.65. The zero-order valence-corrected chi connectivity index (χ0v) is 19.2. The summed E-state index contributed by atoms with van der Waals surface area (Å²) in [4.78, 5) is 26.4. The molecule has 3 N–H and O–H groups in total. The second-order valence-electron chi connectivity index (χ2n) is 10.0. The summed E-state index contributed by atoms with van der Waals surface area (Å²) < 4.78 is 5.37. The van der Waals surface area contributed by atoms with E-state index in [2.05, 4.69) is 12.2 Å². The maximum atomic E-state index is 13.5. The van der Waals surface area contributed by atoms with Gasteiger partial charge in [-0.25, -0.2) is 0 Å². The molecule has 3 aliphatic carbocycles. The van der Waals surface area contributed by atoms with Gasteiger partial charge < -0.3 is 15.8 Å². The van der Waals surface area contributed by atoms with E-state index in [1.165, 1.54) is 5.56 Å². The van der Waals surface area contributed by atoms with Gasteiger partial charge >= 0.3 is 0 Å². The Bertz CT molecular complexity index is 1100. The molecule has 5 rings (SSSR count). The number of ether oxygens (including phenoxy) is 1. The number of aryl methyl sites for hydroxylation is 2. The van der Waals surface area contributed by atoms with Gasteiger partial charge in [0.25, 0.3) is 0 Å². The first-order valence-electron chi connectivity index (χ1n) is 11.7. The van der Waals surface area contributed by atoms with Crippen molar-refractivity contribution in [2.45, 2.75) is 52.4 Å². The van der Waals surface area contributed by atoms with Crippen LogP contribution >= 0.6 is 0 Å². The standard InChI is InChI=1S/C27H32N2O3/c1-15-4-5-19(14-23(15)32-3)29-26(31)17-8-10-27(11-9-17)22-7-6-20-16(2)12-18(28)13-21(20)25(30)24(22)27/h4-5,12-14,17,22,24H,6-11,28H2,1-3H3,(H,29,31). The van der Waals surface area contributed by atoms with E-state index < -0.39 is 0 Å². The van der Waals surface area contributed by atoms with Crippen LogP contribution in [0, 0.1) is 37.0 Å². The fourth-order valence-corrected chi connectivity index (χ4v) is 6.58. The molecule has 32 heavy (non-hydrogen) atoms. The van der Waals surface area contributed by atoms with E-state index >= 15 is 0 Å². The summed E-state index contributed by atoms with van der Waals surface area (Å²) in [6, 6.07) is 9.61. The number of ketones is 1. The Morgan fingerprint density at radius 1 is 1.09 bits per heavy atom. The summed E-state index contributed by atoms with van der Waals surface area (Å²) in [5.74, 6) is 1.69. The number of rotatable bonds is 3. The Morgan fingerprint density at radius 2 is 1.84 bits per heavy atom. The number of carbonyl (C=O) groups is 2. The molecular formula is C27H32N2O3. The van der Waals surface area contributed by atoms with Gasteiger partial charge in [0, 0.05) is 34.8 Å². The fourth-order valence-electron chi connectivity index (χ4n) is 6.58. The number of Topliss-reactive ketones (excluding diaryl/α,β-unsaturated/α-hetero) is 1. The topological polar surface area (TPSA) is 81.4 Å². The molecule has 2 aromatic rings. The first-order chi connectivity index (χ1) is 15.3. The predicted octanol–water partition coefficient (Wildman–Crippen LogP) is 5.08. The predicted molar refractivity (Wildman–Crippen MR) is 126 cm³/mol. The van der Waals surface area contributed by atoms with Gasteiger partial charge in [-0.2, -0.15) is 0 Å². The summed E-state index contributed by atoms with van der Waals surface area (Å²) in [5.41, 5.74) is 11.8. The lowest BCUT2D eigenvalue weighted by atomic mass is 9.75. The van der Waals surface area contributed by atoms with Crippen LogP contribution in [0.5, 0.6) is 5.75 Å². The van der Waals surface area contributed by atoms with Gasteiger partial charge in [0.05, 0.1) is 7.11 Å². The van der Waals surface area contributed by atoms with Crippen molar-refractivity contribution < 1.29 is 14.3 Å². The van der Waals surface area contributed by atoms with Crippen molar-refractivity contribution in [2.75, 3.05) is 18.2 Å². The molecule has 0 heterocycles. The van der Waals surface area contributed by atoms with E-state index in [0.717, 1.165) is 66.7 Å². The van der Waals surface area contributed by atoms with Gasteiger partial charge in [0.1, 0.15) is 5.75 Å². The van der Waals surface area contributed by atoms with Gasteiger partial charge in [-0.3, -0.25) is 9.59 Å². The number of benzene rings is 2. The highest BCUT2D eigenvalue weighted by molar-refractivity contribution is 6.03. The van der Waals surface area contributed by atoms with Gasteiger partial charge in [-0.1, -0.05) is 6.07 Å². The van der Waals surface area contributed by atoms with Crippen molar-refractivity contribution >= 4 is 23.1 Å². The molecule has 168 valence electrons. The van der Waals surface area contributed by atoms with Crippen LogP contribution in [0.2, 0.25) is 0 Å². The van der Waals surface area contributed by atoms with E-state index in [9.17, 15) is 9.59 Å². The highest BCUT2D eigenvalue weighted by atomic mass is 16.5. The Balaban J connectivity index is 1.26. The number of amides is 1. The number of methoxy groups -OCH3 is 1. The summed E-state index contributed by atoms with van der Waals surface area (Å²) in [5, 5.41) is 3.07. The van der Waals surface area contributed by atoms with E-state index in [1.54, 1.807) is 7.11 Å². The number of hydrogen-bond donors (Lipinski definition) is 2. The molecule has 2 saturated carbocycles. The lowest BCUT2D eigenvalue weighted by Gasteiger charge is -2.30. The van der Waals surface area contributed by atoms with E-state index in [4.69, 9.17) is 10.5 Å². The van der Waals surface area contributed by atoms with Crippen molar-refractivity contribution in [1.82, 2.24) is 0 Å². The van der Waals surface area contributed by atoms with Gasteiger partial charge in [-0.15, -0.1) is 0 Å². The first kappa shape index (κ1) is 21.0. The Labute approximate surface area is 189 Å². The molecule has 2 fully saturated rings. The maximum absolute atomic E-state index is 13.5. The molecule has 0 aliphatic heterocycles. The van der Waals surface area contributed by atoms with Gasteiger partial charge in [-0.05, 0) is 98.6 Å². The second-order valence-corrected chi connectivity index (χ2v) is 10.0. The monoisotopic (exact) mass is 432 g/mol. The zero-order chi connectivity index (χ0) is 22.6. The SMILES string of the molecule is COc1cc(NC(=O)C2CCC3(CC2)C2CCc4c(C)cc(N)cc4C(=O)C23)ccc1C. The maximum Gasteiger partial charge on any atom is 0.227 e. The summed E-state index contributed by atoms with van der Waals surface area (Å²) in [7, 11) is 1.64. The zero-order valence-electron chi connectivity index (χ0n) is 19.2. The molecule has 0 aromatic heterocycles. The third-order valence-electron chi connectivity index (χ3n) is 8.36. The number of nitrogen functional groups attached to an aromatic ring is 1. The largest absolute Gasteiger partial charge is 0.496 e. The molecule has 1 amide bonds. The molecular weight excluding hydrogens is 400 g/mol. The van der Waals surface area contributed by atoms with Crippen LogP contribution in [0.4, 0.5) is 11.4 Å². The molecule has 5 nitrogen and oxygen atoms in total. The number of fused-ring (bicyclic) bond motifs is 4. The van der Waals surface area contributed by atoms with Crippen molar-refractivity contribution in [2.24, 2.45) is 23.2 Å². The molecule has 0 bridgehead atoms. The molecule has 5 heteroatoms. The van der Waals surface area contributed by atoms with Crippen molar-refractivity contribution in [1.29, 1.82) is 0 Å². The Kier molecular flexibility index (Phi) is 5.03. The van der Waals surface area contributed by atoms with E-state index in [0.29, 0.717) is 11.6 Å². The summed E-state index contributed by atoms with van der Waals surface area (Å²) in [6.45, 7) is 4.04. The van der Waals surface area contributed by atoms with Crippen LogP contribution in [0.3, 0.4) is 0 Å². The lowest BCUT2D eigenvalue weighted by Crippen LogP contribution is -2.29. The molecule has 2 unspecified atom stereocenters. The average molecular weight is 433 g/mol. The van der Waals surface area contributed by atoms with Crippen LogP contribution in [-0.2, 0) is 11.2 Å². The number of nitrogens with one attached hydrogen (secondary N) is 1. The number of hydrogen-bond acceptors (Lipinski definition) is 4. The smallest absolute Gasteiger partial charge is 0.227 e. The lowest BCUT2D eigenvalue weighted by molar-refractivity contribution is -0.121.